The van der Waals surface area contributed by atoms with Crippen LogP contribution in [-0.2, 0) is 6.42 Å². The highest BCUT2D eigenvalue weighted by atomic mass is 79.9. The molecule has 0 aliphatic carbocycles. The number of hydrogen-bond acceptors (Lipinski definition) is 2. The SMILES string of the molecule is COc1cccc(CCNC(=O)c2ccc(Br)cc2Br)c1. The zero-order valence-electron chi connectivity index (χ0n) is 11.5. The van der Waals surface area contributed by atoms with Gasteiger partial charge in [0.25, 0.3) is 5.91 Å². The molecule has 21 heavy (non-hydrogen) atoms. The first-order valence-electron chi connectivity index (χ1n) is 6.46. The summed E-state index contributed by atoms with van der Waals surface area (Å²) in [5.74, 6) is 0.742. The third kappa shape index (κ3) is 4.58. The fourth-order valence-corrected chi connectivity index (χ4v) is 3.14. The molecule has 0 radical (unpaired) electrons. The molecule has 0 aliphatic heterocycles. The van der Waals surface area contributed by atoms with E-state index in [1.54, 1.807) is 13.2 Å². The maximum atomic E-state index is 12.1. The van der Waals surface area contributed by atoms with Crippen LogP contribution in [0.1, 0.15) is 15.9 Å². The number of nitrogens with one attached hydrogen (secondary N) is 1. The van der Waals surface area contributed by atoms with Crippen molar-refractivity contribution in [2.75, 3.05) is 13.7 Å². The fraction of sp³-hybridized carbons (Fsp3) is 0.188. The summed E-state index contributed by atoms with van der Waals surface area (Å²) in [6.45, 7) is 0.578. The minimum absolute atomic E-state index is 0.0859. The van der Waals surface area contributed by atoms with Gasteiger partial charge in [0.05, 0.1) is 12.7 Å². The number of hydrogen-bond donors (Lipinski definition) is 1. The van der Waals surface area contributed by atoms with E-state index in [0.717, 1.165) is 26.7 Å². The molecule has 2 aromatic rings. The first-order chi connectivity index (χ1) is 10.1. The van der Waals surface area contributed by atoms with E-state index in [0.29, 0.717) is 12.1 Å². The first-order valence-corrected chi connectivity index (χ1v) is 8.05. The van der Waals surface area contributed by atoms with E-state index in [2.05, 4.69) is 37.2 Å². The zero-order valence-corrected chi connectivity index (χ0v) is 14.7. The summed E-state index contributed by atoms with van der Waals surface area (Å²) in [6, 6.07) is 13.3. The van der Waals surface area contributed by atoms with Gasteiger partial charge in [0, 0.05) is 15.5 Å². The predicted molar refractivity (Wildman–Crippen MR) is 90.9 cm³/mol. The Morgan fingerprint density at radius 2 is 2.00 bits per heavy atom. The molecule has 0 bridgehead atoms. The number of benzene rings is 2. The highest BCUT2D eigenvalue weighted by Gasteiger charge is 2.09. The lowest BCUT2D eigenvalue weighted by molar-refractivity contribution is 0.0953. The number of ether oxygens (including phenoxy) is 1. The molecule has 110 valence electrons. The normalized spacial score (nSPS) is 10.2. The average molecular weight is 413 g/mol. The van der Waals surface area contributed by atoms with Gasteiger partial charge in [-0.1, -0.05) is 28.1 Å². The average Bonchev–Trinajstić information content (AvgIpc) is 2.47. The topological polar surface area (TPSA) is 38.3 Å². The minimum atomic E-state index is -0.0859. The quantitative estimate of drug-likeness (QED) is 0.799. The summed E-state index contributed by atoms with van der Waals surface area (Å²) in [6.07, 6.45) is 0.761. The molecule has 0 spiro atoms. The summed E-state index contributed by atoms with van der Waals surface area (Å²) in [7, 11) is 1.64. The van der Waals surface area contributed by atoms with Crippen LogP contribution >= 0.6 is 31.9 Å². The molecule has 1 amide bonds. The lowest BCUT2D eigenvalue weighted by atomic mass is 10.1. The Hall–Kier alpha value is -1.33. The van der Waals surface area contributed by atoms with Gasteiger partial charge in [-0.15, -0.1) is 0 Å². The molecular formula is C16H15Br2NO2. The van der Waals surface area contributed by atoms with Crippen molar-refractivity contribution in [3.05, 3.63) is 62.5 Å². The molecule has 0 saturated heterocycles. The van der Waals surface area contributed by atoms with Gasteiger partial charge >= 0.3 is 0 Å². The van der Waals surface area contributed by atoms with Gasteiger partial charge < -0.3 is 10.1 Å². The monoisotopic (exact) mass is 411 g/mol. The number of carbonyl (C=O) groups excluding carboxylic acids is 1. The van der Waals surface area contributed by atoms with E-state index in [1.165, 1.54) is 0 Å². The van der Waals surface area contributed by atoms with Crippen molar-refractivity contribution in [3.8, 4) is 5.75 Å². The summed E-state index contributed by atoms with van der Waals surface area (Å²) < 4.78 is 6.89. The van der Waals surface area contributed by atoms with Crippen molar-refractivity contribution in [2.24, 2.45) is 0 Å². The van der Waals surface area contributed by atoms with Gasteiger partial charge in [-0.05, 0) is 58.2 Å². The standard InChI is InChI=1S/C16H15Br2NO2/c1-21-13-4-2-3-11(9-13)7-8-19-16(20)14-6-5-12(17)10-15(14)18/h2-6,9-10H,7-8H2,1H3,(H,19,20). The van der Waals surface area contributed by atoms with E-state index in [9.17, 15) is 4.79 Å². The molecular weight excluding hydrogens is 398 g/mol. The Balaban J connectivity index is 1.92. The third-order valence-electron chi connectivity index (χ3n) is 3.01. The van der Waals surface area contributed by atoms with Gasteiger partial charge in [0.1, 0.15) is 5.75 Å². The Kier molecular flexibility index (Phi) is 5.82. The smallest absolute Gasteiger partial charge is 0.252 e. The predicted octanol–water partition coefficient (Wildman–Crippen LogP) is 4.19. The van der Waals surface area contributed by atoms with Crippen LogP contribution in [0.5, 0.6) is 5.75 Å². The van der Waals surface area contributed by atoms with Crippen LogP contribution in [0.4, 0.5) is 0 Å². The van der Waals surface area contributed by atoms with Crippen molar-refractivity contribution in [2.45, 2.75) is 6.42 Å². The van der Waals surface area contributed by atoms with Crippen LogP contribution in [0.3, 0.4) is 0 Å². The summed E-state index contributed by atoms with van der Waals surface area (Å²) >= 11 is 6.76. The van der Waals surface area contributed by atoms with Gasteiger partial charge in [0.15, 0.2) is 0 Å². The number of carbonyl (C=O) groups is 1. The first kappa shape index (κ1) is 16.0. The number of methoxy groups -OCH3 is 1. The van der Waals surface area contributed by atoms with Crippen molar-refractivity contribution in [1.82, 2.24) is 5.32 Å². The Morgan fingerprint density at radius 3 is 2.71 bits per heavy atom. The molecule has 3 nitrogen and oxygen atoms in total. The molecule has 2 aromatic carbocycles. The van der Waals surface area contributed by atoms with Gasteiger partial charge in [-0.25, -0.2) is 0 Å². The largest absolute Gasteiger partial charge is 0.497 e. The lowest BCUT2D eigenvalue weighted by Crippen LogP contribution is -2.26. The van der Waals surface area contributed by atoms with E-state index >= 15 is 0 Å². The summed E-state index contributed by atoms with van der Waals surface area (Å²) in [5, 5.41) is 2.92. The van der Waals surface area contributed by atoms with Crippen molar-refractivity contribution >= 4 is 37.8 Å². The minimum Gasteiger partial charge on any atom is -0.497 e. The molecule has 2 rings (SSSR count). The lowest BCUT2D eigenvalue weighted by Gasteiger charge is -2.08. The molecule has 0 aliphatic rings. The maximum Gasteiger partial charge on any atom is 0.252 e. The van der Waals surface area contributed by atoms with Crippen molar-refractivity contribution < 1.29 is 9.53 Å². The van der Waals surface area contributed by atoms with E-state index in [1.807, 2.05) is 36.4 Å². The van der Waals surface area contributed by atoms with Crippen LogP contribution in [-0.4, -0.2) is 19.6 Å². The van der Waals surface area contributed by atoms with Crippen molar-refractivity contribution in [1.29, 1.82) is 0 Å². The Morgan fingerprint density at radius 1 is 1.19 bits per heavy atom. The van der Waals surface area contributed by atoms with Crippen molar-refractivity contribution in [3.63, 3.8) is 0 Å². The second-order valence-electron chi connectivity index (χ2n) is 4.48. The molecule has 5 heteroatoms. The van der Waals surface area contributed by atoms with Crippen LogP contribution < -0.4 is 10.1 Å². The molecule has 0 fully saturated rings. The number of halogens is 2. The van der Waals surface area contributed by atoms with Gasteiger partial charge in [-0.2, -0.15) is 0 Å². The Bertz CT molecular complexity index is 644. The van der Waals surface area contributed by atoms with Crippen LogP contribution in [0.2, 0.25) is 0 Å². The second kappa shape index (κ2) is 7.61. The molecule has 1 N–H and O–H groups in total. The number of rotatable bonds is 5. The van der Waals surface area contributed by atoms with Gasteiger partial charge in [-0.3, -0.25) is 4.79 Å². The van der Waals surface area contributed by atoms with Crippen LogP contribution in [0, 0.1) is 0 Å². The van der Waals surface area contributed by atoms with Crippen LogP contribution in [0.15, 0.2) is 51.4 Å². The van der Waals surface area contributed by atoms with E-state index < -0.39 is 0 Å². The fourth-order valence-electron chi connectivity index (χ4n) is 1.92. The second-order valence-corrected chi connectivity index (χ2v) is 6.25. The molecule has 0 saturated carbocycles. The maximum absolute atomic E-state index is 12.1. The molecule has 0 unspecified atom stereocenters. The zero-order chi connectivity index (χ0) is 15.2. The highest BCUT2D eigenvalue weighted by Crippen LogP contribution is 2.21. The Labute approximate surface area is 141 Å². The summed E-state index contributed by atoms with van der Waals surface area (Å²) in [5.41, 5.74) is 1.76. The van der Waals surface area contributed by atoms with E-state index in [4.69, 9.17) is 4.74 Å². The van der Waals surface area contributed by atoms with Gasteiger partial charge in [0.2, 0.25) is 0 Å². The number of amides is 1. The summed E-state index contributed by atoms with van der Waals surface area (Å²) in [4.78, 5) is 12.1. The highest BCUT2D eigenvalue weighted by molar-refractivity contribution is 9.11. The molecule has 0 atom stereocenters. The molecule has 0 aromatic heterocycles. The van der Waals surface area contributed by atoms with E-state index in [-0.39, 0.29) is 5.91 Å². The molecule has 0 heterocycles. The third-order valence-corrected chi connectivity index (χ3v) is 4.16. The van der Waals surface area contributed by atoms with Crippen LogP contribution in [0.25, 0.3) is 0 Å².